The van der Waals surface area contributed by atoms with Crippen LogP contribution in [-0.4, -0.2) is 14.5 Å². The maximum Gasteiger partial charge on any atom is 0.165 e. The average molecular weight is 684 g/mol. The highest BCUT2D eigenvalue weighted by Crippen LogP contribution is 2.50. The lowest BCUT2D eigenvalue weighted by molar-refractivity contribution is 1.09. The first kappa shape index (κ1) is 27.7. The zero-order chi connectivity index (χ0) is 33.2. The SMILES string of the molecule is c1ccc2c(-c3nc4sc5ccccc5c4nc3-n3c4ccccc4c4c5ccccc5c5c(sc6ccc7ccccc7c65)c43)cccc2c1. The molecule has 0 amide bonds. The van der Waals surface area contributed by atoms with Crippen LogP contribution in [0.25, 0.3) is 112 Å². The molecule has 0 unspecified atom stereocenters. The van der Waals surface area contributed by atoms with Gasteiger partial charge in [0.05, 0.1) is 15.7 Å². The van der Waals surface area contributed by atoms with Crippen molar-refractivity contribution in [2.75, 3.05) is 0 Å². The number of hydrogen-bond donors (Lipinski definition) is 0. The quantitative estimate of drug-likeness (QED) is 0.182. The molecule has 0 saturated carbocycles. The molecule has 12 rings (SSSR count). The summed E-state index contributed by atoms with van der Waals surface area (Å²) in [4.78, 5) is 12.2. The van der Waals surface area contributed by atoms with Gasteiger partial charge in [0.1, 0.15) is 16.0 Å². The first-order valence-electron chi connectivity index (χ1n) is 17.2. The van der Waals surface area contributed by atoms with Crippen LogP contribution in [0.2, 0.25) is 0 Å². The zero-order valence-corrected chi connectivity index (χ0v) is 28.7. The van der Waals surface area contributed by atoms with Gasteiger partial charge in [0.15, 0.2) is 5.82 Å². The van der Waals surface area contributed by atoms with Crippen LogP contribution in [0.3, 0.4) is 0 Å². The maximum absolute atomic E-state index is 5.70. The monoisotopic (exact) mass is 683 g/mol. The van der Waals surface area contributed by atoms with E-state index < -0.39 is 0 Å². The lowest BCUT2D eigenvalue weighted by Gasteiger charge is -2.15. The van der Waals surface area contributed by atoms with E-state index in [1.807, 2.05) is 11.3 Å². The van der Waals surface area contributed by atoms with E-state index in [0.29, 0.717) is 0 Å². The number of fused-ring (bicyclic) bond motifs is 16. The van der Waals surface area contributed by atoms with Crippen LogP contribution in [0.15, 0.2) is 152 Å². The van der Waals surface area contributed by atoms with Crippen molar-refractivity contribution in [3.05, 3.63) is 152 Å². The smallest absolute Gasteiger partial charge is 0.165 e. The first-order valence-corrected chi connectivity index (χ1v) is 18.8. The van der Waals surface area contributed by atoms with Gasteiger partial charge in [0.25, 0.3) is 0 Å². The largest absolute Gasteiger partial charge is 0.290 e. The summed E-state index contributed by atoms with van der Waals surface area (Å²) in [6, 6.07) is 54.9. The molecule has 0 aliphatic carbocycles. The van der Waals surface area contributed by atoms with Crippen molar-refractivity contribution >= 4 is 117 Å². The van der Waals surface area contributed by atoms with Crippen LogP contribution >= 0.6 is 22.7 Å². The van der Waals surface area contributed by atoms with E-state index in [1.54, 1.807) is 11.3 Å². The molecular weight excluding hydrogens is 659 g/mol. The van der Waals surface area contributed by atoms with Crippen molar-refractivity contribution in [3.63, 3.8) is 0 Å². The van der Waals surface area contributed by atoms with E-state index >= 15 is 0 Å². The minimum Gasteiger partial charge on any atom is -0.290 e. The molecule has 12 aromatic rings. The Kier molecular flexibility index (Phi) is 5.53. The number of thiophene rings is 2. The van der Waals surface area contributed by atoms with Crippen molar-refractivity contribution in [3.8, 4) is 17.1 Å². The van der Waals surface area contributed by atoms with Crippen molar-refractivity contribution in [2.45, 2.75) is 0 Å². The van der Waals surface area contributed by atoms with Gasteiger partial charge in [-0.05, 0) is 50.5 Å². The Labute approximate surface area is 299 Å². The standard InChI is InChI=1S/C46H25N3S2/c1-3-15-28-26(12-1)14-11-21-32(28)41-45(47-42-34-20-8-10-23-36(34)51-46(42)48-41)49-35-22-9-7-19-33(35)38-30-17-5-6-18-31(30)40-39-29-16-4-2-13-27(29)24-25-37(39)50-44(40)43(38)49/h1-25H. The van der Waals surface area contributed by atoms with Crippen LogP contribution in [0.4, 0.5) is 0 Å². The summed E-state index contributed by atoms with van der Waals surface area (Å²) in [5.41, 5.74) is 5.23. The molecule has 0 spiro atoms. The average Bonchev–Trinajstić information content (AvgIpc) is 3.87. The van der Waals surface area contributed by atoms with Crippen LogP contribution in [0.5, 0.6) is 0 Å². The summed E-state index contributed by atoms with van der Waals surface area (Å²) in [6.45, 7) is 0. The predicted octanol–water partition coefficient (Wildman–Crippen LogP) is 13.4. The van der Waals surface area contributed by atoms with E-state index in [-0.39, 0.29) is 0 Å². The molecular formula is C46H25N3S2. The Morgan fingerprint density at radius 3 is 1.92 bits per heavy atom. The fourth-order valence-electron chi connectivity index (χ4n) is 8.44. The molecule has 5 heteroatoms. The molecule has 0 saturated heterocycles. The molecule has 0 bridgehead atoms. The summed E-state index contributed by atoms with van der Waals surface area (Å²) < 4.78 is 6.19. The molecule has 3 nitrogen and oxygen atoms in total. The Morgan fingerprint density at radius 2 is 1.08 bits per heavy atom. The number of nitrogens with zero attached hydrogens (tertiary/aromatic N) is 3. The molecule has 0 N–H and O–H groups in total. The topological polar surface area (TPSA) is 30.7 Å². The normalized spacial score (nSPS) is 12.3. The molecule has 236 valence electrons. The van der Waals surface area contributed by atoms with E-state index in [4.69, 9.17) is 9.97 Å². The van der Waals surface area contributed by atoms with Gasteiger partial charge in [0.2, 0.25) is 0 Å². The third-order valence-electron chi connectivity index (χ3n) is 10.6. The summed E-state index contributed by atoms with van der Waals surface area (Å²) in [7, 11) is 0. The lowest BCUT2D eigenvalue weighted by Crippen LogP contribution is -2.03. The van der Waals surface area contributed by atoms with Crippen LogP contribution in [-0.2, 0) is 0 Å². The lowest BCUT2D eigenvalue weighted by atomic mass is 9.96. The Bertz CT molecular complexity index is 3430. The van der Waals surface area contributed by atoms with Gasteiger partial charge in [-0.15, -0.1) is 22.7 Å². The zero-order valence-electron chi connectivity index (χ0n) is 27.1. The second-order valence-electron chi connectivity index (χ2n) is 13.3. The highest BCUT2D eigenvalue weighted by Gasteiger charge is 2.26. The molecule has 8 aromatic carbocycles. The highest BCUT2D eigenvalue weighted by molar-refractivity contribution is 7.27. The fraction of sp³-hybridized carbons (Fsp3) is 0. The molecule has 4 aromatic heterocycles. The maximum atomic E-state index is 5.70. The van der Waals surface area contributed by atoms with Crippen molar-refractivity contribution in [1.82, 2.24) is 14.5 Å². The molecule has 0 aliphatic heterocycles. The third kappa shape index (κ3) is 3.71. The summed E-state index contributed by atoms with van der Waals surface area (Å²) in [5.74, 6) is 0.854. The van der Waals surface area contributed by atoms with Crippen molar-refractivity contribution in [2.24, 2.45) is 0 Å². The van der Waals surface area contributed by atoms with Gasteiger partial charge in [-0.2, -0.15) is 0 Å². The number of para-hydroxylation sites is 1. The predicted molar refractivity (Wildman–Crippen MR) is 220 cm³/mol. The molecule has 4 heterocycles. The van der Waals surface area contributed by atoms with Gasteiger partial charge in [0, 0.05) is 41.9 Å². The molecule has 0 radical (unpaired) electrons. The highest BCUT2D eigenvalue weighted by atomic mass is 32.1. The number of rotatable bonds is 2. The minimum absolute atomic E-state index is 0.854. The third-order valence-corrected chi connectivity index (χ3v) is 12.8. The minimum atomic E-state index is 0.854. The number of aromatic nitrogens is 3. The Morgan fingerprint density at radius 1 is 0.431 bits per heavy atom. The van der Waals surface area contributed by atoms with Gasteiger partial charge >= 0.3 is 0 Å². The Balaban J connectivity index is 1.36. The second-order valence-corrected chi connectivity index (χ2v) is 15.3. The summed E-state index contributed by atoms with van der Waals surface area (Å²) >= 11 is 3.61. The van der Waals surface area contributed by atoms with E-state index in [9.17, 15) is 0 Å². The molecule has 0 aliphatic rings. The van der Waals surface area contributed by atoms with Gasteiger partial charge in [-0.1, -0.05) is 133 Å². The first-order chi connectivity index (χ1) is 25.3. The molecule has 51 heavy (non-hydrogen) atoms. The number of hydrogen-bond acceptors (Lipinski definition) is 4. The number of benzene rings is 8. The van der Waals surface area contributed by atoms with Gasteiger partial charge in [-0.3, -0.25) is 4.57 Å². The Hall–Kier alpha value is -6.14. The van der Waals surface area contributed by atoms with Gasteiger partial charge < -0.3 is 0 Å². The summed E-state index contributed by atoms with van der Waals surface area (Å²) in [5, 5.41) is 13.7. The molecule has 0 atom stereocenters. The van der Waals surface area contributed by atoms with E-state index in [0.717, 1.165) is 38.3 Å². The van der Waals surface area contributed by atoms with E-state index in [2.05, 4.69) is 156 Å². The van der Waals surface area contributed by atoms with Crippen LogP contribution in [0, 0.1) is 0 Å². The molecule has 0 fully saturated rings. The fourth-order valence-corrected chi connectivity index (χ4v) is 10.7. The van der Waals surface area contributed by atoms with Gasteiger partial charge in [-0.25, -0.2) is 9.97 Å². The van der Waals surface area contributed by atoms with Crippen molar-refractivity contribution in [1.29, 1.82) is 0 Å². The van der Waals surface area contributed by atoms with Crippen LogP contribution in [0.1, 0.15) is 0 Å². The van der Waals surface area contributed by atoms with Crippen molar-refractivity contribution < 1.29 is 0 Å². The van der Waals surface area contributed by atoms with E-state index in [1.165, 1.54) is 73.5 Å². The second kappa shape index (κ2) is 10.2. The van der Waals surface area contributed by atoms with Crippen LogP contribution < -0.4 is 0 Å². The summed E-state index contributed by atoms with van der Waals surface area (Å²) in [6.07, 6.45) is 0.